The van der Waals surface area contributed by atoms with E-state index in [1.807, 2.05) is 0 Å². The van der Waals surface area contributed by atoms with Crippen LogP contribution < -0.4 is 5.23 Å². The van der Waals surface area contributed by atoms with Gasteiger partial charge in [0.2, 0.25) is 0 Å². The van der Waals surface area contributed by atoms with Gasteiger partial charge < -0.3 is 14.7 Å². The van der Waals surface area contributed by atoms with Crippen molar-refractivity contribution in [1.82, 2.24) is 5.23 Å². The van der Waals surface area contributed by atoms with Gasteiger partial charge in [-0.2, -0.15) is 0 Å². The van der Waals surface area contributed by atoms with Crippen LogP contribution in [0, 0.1) is 0 Å². The molecule has 0 saturated carbocycles. The first-order valence-corrected chi connectivity index (χ1v) is 5.95. The van der Waals surface area contributed by atoms with Crippen molar-refractivity contribution in [2.45, 2.75) is 58.2 Å². The van der Waals surface area contributed by atoms with E-state index >= 15 is 0 Å². The Balaban J connectivity index is 3.73. The highest BCUT2D eigenvalue weighted by Gasteiger charge is 2.21. The lowest BCUT2D eigenvalue weighted by molar-refractivity contribution is -0.0615. The number of rotatable bonds is 9. The van der Waals surface area contributed by atoms with Crippen LogP contribution >= 0.6 is 0 Å². The Kier molecular flexibility index (Phi) is 7.28. The minimum Gasteiger partial charge on any atom is -0.379 e. The molecule has 2 radical (unpaired) electrons. The molecule has 0 saturated heterocycles. The third-order valence-electron chi connectivity index (χ3n) is 2.85. The van der Waals surface area contributed by atoms with E-state index in [0.717, 1.165) is 32.4 Å². The van der Waals surface area contributed by atoms with Gasteiger partial charge in [-0.25, -0.2) is 0 Å². The molecule has 0 fully saturated rings. The van der Waals surface area contributed by atoms with Crippen molar-refractivity contribution in [2.24, 2.45) is 0 Å². The minimum absolute atomic E-state index is 0.0827. The van der Waals surface area contributed by atoms with E-state index < -0.39 is 0 Å². The largest absolute Gasteiger partial charge is 0.379 e. The number of ether oxygens (including phenoxy) is 2. The maximum Gasteiger partial charge on any atom is 0.177 e. The Morgan fingerprint density at radius 2 is 1.69 bits per heavy atom. The lowest BCUT2D eigenvalue weighted by Gasteiger charge is -2.29. The summed E-state index contributed by atoms with van der Waals surface area (Å²) in [7, 11) is 6.96. The van der Waals surface area contributed by atoms with E-state index in [1.54, 1.807) is 7.11 Å². The zero-order valence-corrected chi connectivity index (χ0v) is 11.4. The SMILES string of the molecule is [B]NCCCC(C)(C)OCCC(C)(C)OC. The molecule has 0 unspecified atom stereocenters. The first-order valence-electron chi connectivity index (χ1n) is 5.95. The third kappa shape index (κ3) is 8.14. The number of nitrogens with one attached hydrogen (secondary N) is 1. The molecule has 0 heterocycles. The summed E-state index contributed by atoms with van der Waals surface area (Å²) in [6.07, 6.45) is 2.93. The number of hydrogen-bond acceptors (Lipinski definition) is 3. The van der Waals surface area contributed by atoms with Gasteiger partial charge in [-0.3, -0.25) is 0 Å². The highest BCUT2D eigenvalue weighted by Crippen LogP contribution is 2.19. The van der Waals surface area contributed by atoms with Crippen LogP contribution in [0.3, 0.4) is 0 Å². The van der Waals surface area contributed by atoms with Gasteiger partial charge in [0, 0.05) is 7.11 Å². The van der Waals surface area contributed by atoms with Crippen molar-refractivity contribution in [3.05, 3.63) is 0 Å². The van der Waals surface area contributed by atoms with Crippen molar-refractivity contribution in [1.29, 1.82) is 0 Å². The second kappa shape index (κ2) is 7.31. The van der Waals surface area contributed by atoms with Gasteiger partial charge in [-0.15, -0.1) is 0 Å². The Hall–Kier alpha value is -0.0551. The van der Waals surface area contributed by atoms with Crippen LogP contribution in [-0.4, -0.2) is 39.4 Å². The van der Waals surface area contributed by atoms with Crippen LogP contribution in [0.25, 0.3) is 0 Å². The molecule has 3 nitrogen and oxygen atoms in total. The van der Waals surface area contributed by atoms with Crippen molar-refractivity contribution < 1.29 is 9.47 Å². The standard InChI is InChI=1S/C12H26BNO2/c1-11(2,15-5)8-10-16-12(3,4)7-6-9-14-13/h14H,6-10H2,1-5H3. The quantitative estimate of drug-likeness (QED) is 0.483. The maximum atomic E-state index is 5.87. The number of methoxy groups -OCH3 is 1. The van der Waals surface area contributed by atoms with Crippen molar-refractivity contribution >= 4 is 7.98 Å². The fraction of sp³-hybridized carbons (Fsp3) is 1.00. The molecule has 0 atom stereocenters. The van der Waals surface area contributed by atoms with Crippen LogP contribution in [0.2, 0.25) is 0 Å². The molecule has 1 N–H and O–H groups in total. The molecule has 0 aromatic carbocycles. The van der Waals surface area contributed by atoms with E-state index in [2.05, 4.69) is 32.9 Å². The molecule has 0 aliphatic rings. The summed E-state index contributed by atoms with van der Waals surface area (Å²) in [6.45, 7) is 9.93. The highest BCUT2D eigenvalue weighted by atomic mass is 16.5. The molecule has 16 heavy (non-hydrogen) atoms. The van der Waals surface area contributed by atoms with Gasteiger partial charge in [0.1, 0.15) is 0 Å². The van der Waals surface area contributed by atoms with Crippen LogP contribution in [-0.2, 0) is 9.47 Å². The Bertz CT molecular complexity index is 184. The molecule has 0 aromatic rings. The van der Waals surface area contributed by atoms with E-state index in [-0.39, 0.29) is 11.2 Å². The Labute approximate surface area is 102 Å². The predicted molar refractivity (Wildman–Crippen MR) is 68.7 cm³/mol. The third-order valence-corrected chi connectivity index (χ3v) is 2.85. The topological polar surface area (TPSA) is 30.5 Å². The molecule has 94 valence electrons. The number of hydrogen-bond donors (Lipinski definition) is 1. The van der Waals surface area contributed by atoms with Crippen LogP contribution in [0.4, 0.5) is 0 Å². The maximum absolute atomic E-state index is 5.87. The molecular formula is C12H26BNO2. The molecule has 0 bridgehead atoms. The average Bonchev–Trinajstić information content (AvgIpc) is 2.17. The minimum atomic E-state index is -0.102. The van der Waals surface area contributed by atoms with E-state index in [9.17, 15) is 0 Å². The average molecular weight is 227 g/mol. The van der Waals surface area contributed by atoms with Crippen LogP contribution in [0.15, 0.2) is 0 Å². The van der Waals surface area contributed by atoms with Gasteiger partial charge in [-0.1, -0.05) is 0 Å². The zero-order chi connectivity index (χ0) is 12.7. The summed E-state index contributed by atoms with van der Waals surface area (Å²) in [6, 6.07) is 0. The van der Waals surface area contributed by atoms with Crippen molar-refractivity contribution in [3.8, 4) is 0 Å². The van der Waals surface area contributed by atoms with E-state index in [4.69, 9.17) is 17.5 Å². The molecule has 0 aliphatic carbocycles. The first-order chi connectivity index (χ1) is 7.33. The summed E-state index contributed by atoms with van der Waals surface area (Å²) >= 11 is 0. The van der Waals surface area contributed by atoms with Gasteiger partial charge in [0.25, 0.3) is 0 Å². The Morgan fingerprint density at radius 1 is 1.06 bits per heavy atom. The summed E-state index contributed by atoms with van der Waals surface area (Å²) in [4.78, 5) is 0. The summed E-state index contributed by atoms with van der Waals surface area (Å²) in [5, 5.41) is 2.65. The van der Waals surface area contributed by atoms with E-state index in [1.165, 1.54) is 0 Å². The zero-order valence-electron chi connectivity index (χ0n) is 11.4. The lowest BCUT2D eigenvalue weighted by atomic mass is 10.0. The fourth-order valence-electron chi connectivity index (χ4n) is 1.36. The fourth-order valence-corrected chi connectivity index (χ4v) is 1.36. The first kappa shape index (κ1) is 15.9. The molecule has 0 spiro atoms. The lowest BCUT2D eigenvalue weighted by Crippen LogP contribution is -2.30. The smallest absolute Gasteiger partial charge is 0.177 e. The second-order valence-corrected chi connectivity index (χ2v) is 5.38. The second-order valence-electron chi connectivity index (χ2n) is 5.38. The predicted octanol–water partition coefficient (Wildman–Crippen LogP) is 2.05. The van der Waals surface area contributed by atoms with Crippen molar-refractivity contribution in [2.75, 3.05) is 20.3 Å². The van der Waals surface area contributed by atoms with Gasteiger partial charge in [0.05, 0.1) is 17.8 Å². The molecule has 0 aromatic heterocycles. The van der Waals surface area contributed by atoms with Crippen LogP contribution in [0.5, 0.6) is 0 Å². The molecular weight excluding hydrogens is 201 g/mol. The summed E-state index contributed by atoms with van der Waals surface area (Å²) in [5.41, 5.74) is -0.185. The monoisotopic (exact) mass is 227 g/mol. The Morgan fingerprint density at radius 3 is 2.19 bits per heavy atom. The van der Waals surface area contributed by atoms with Crippen molar-refractivity contribution in [3.63, 3.8) is 0 Å². The van der Waals surface area contributed by atoms with E-state index in [0.29, 0.717) is 0 Å². The van der Waals surface area contributed by atoms with Gasteiger partial charge in [0.15, 0.2) is 7.98 Å². The molecule has 0 rings (SSSR count). The van der Waals surface area contributed by atoms with Gasteiger partial charge in [-0.05, 0) is 53.5 Å². The molecule has 0 aliphatic heterocycles. The summed E-state index contributed by atoms with van der Waals surface area (Å²) in [5.74, 6) is 0. The van der Waals surface area contributed by atoms with Crippen LogP contribution in [0.1, 0.15) is 47.0 Å². The van der Waals surface area contributed by atoms with Gasteiger partial charge >= 0.3 is 0 Å². The summed E-state index contributed by atoms with van der Waals surface area (Å²) < 4.78 is 11.2. The highest BCUT2D eigenvalue weighted by molar-refractivity contribution is 6.04. The normalized spacial score (nSPS) is 13.1. The molecule has 0 amide bonds. The molecule has 4 heteroatoms.